The molecule has 1 saturated heterocycles. The van der Waals surface area contributed by atoms with E-state index < -0.39 is 23.9 Å². The van der Waals surface area contributed by atoms with Crippen molar-refractivity contribution in [2.24, 2.45) is 0 Å². The van der Waals surface area contributed by atoms with E-state index in [0.717, 1.165) is 0 Å². The number of aliphatic hydroxyl groups excluding tert-OH is 2. The molecule has 0 radical (unpaired) electrons. The number of aliphatic hydroxyl groups is 2. The normalized spacial score (nSPS) is 45.8. The smallest absolute Gasteiger partial charge is 0.176 e. The van der Waals surface area contributed by atoms with Crippen molar-refractivity contribution in [2.45, 2.75) is 23.9 Å². The summed E-state index contributed by atoms with van der Waals surface area (Å²) in [4.78, 5) is 0. The Hall–Kier alpha value is 0.130. The Morgan fingerprint density at radius 1 is 1.55 bits per heavy atom. The van der Waals surface area contributed by atoms with E-state index >= 15 is 0 Å². The molecule has 0 aromatic rings. The van der Waals surface area contributed by atoms with Crippen LogP contribution in [-0.4, -0.2) is 47.8 Å². The molecule has 0 spiro atoms. The third kappa shape index (κ3) is 1.83. The van der Waals surface area contributed by atoms with Gasteiger partial charge >= 0.3 is 0 Å². The first kappa shape index (κ1) is 9.22. The maximum atomic E-state index is 9.21. The molecule has 0 aromatic heterocycles. The van der Waals surface area contributed by atoms with Crippen molar-refractivity contribution >= 4 is 11.6 Å². The van der Waals surface area contributed by atoms with E-state index in [1.807, 2.05) is 0 Å². The zero-order chi connectivity index (χ0) is 8.43. The second kappa shape index (κ2) is 3.69. The Labute approximate surface area is 69.7 Å². The molecule has 11 heavy (non-hydrogen) atoms. The van der Waals surface area contributed by atoms with E-state index in [9.17, 15) is 5.11 Å². The molecule has 1 rings (SSSR count). The van der Waals surface area contributed by atoms with Gasteiger partial charge in [0.25, 0.3) is 0 Å². The number of ether oxygens (including phenoxy) is 2. The Bertz CT molecular complexity index is 130. The number of hydrogen-bond acceptors (Lipinski definition) is 4. The minimum atomic E-state index is -0.977. The van der Waals surface area contributed by atoms with Crippen molar-refractivity contribution in [3.8, 4) is 0 Å². The monoisotopic (exact) mass is 182 g/mol. The number of alkyl halides is 1. The predicted octanol–water partition coefficient (Wildman–Crippen LogP) is -0.682. The van der Waals surface area contributed by atoms with Crippen molar-refractivity contribution in [3.63, 3.8) is 0 Å². The van der Waals surface area contributed by atoms with Crippen LogP contribution in [0.15, 0.2) is 0 Å². The van der Waals surface area contributed by atoms with Gasteiger partial charge in [0.2, 0.25) is 0 Å². The van der Waals surface area contributed by atoms with Gasteiger partial charge in [0.05, 0.1) is 6.61 Å². The Balaban J connectivity index is 2.52. The van der Waals surface area contributed by atoms with Gasteiger partial charge in [-0.1, -0.05) is 0 Å². The lowest BCUT2D eigenvalue weighted by atomic mass is 10.1. The molecule has 0 bridgehead atoms. The van der Waals surface area contributed by atoms with Crippen LogP contribution in [0.4, 0.5) is 0 Å². The Kier molecular flexibility index (Phi) is 3.09. The second-order valence-electron chi connectivity index (χ2n) is 2.44. The lowest BCUT2D eigenvalue weighted by Gasteiger charge is -2.33. The van der Waals surface area contributed by atoms with Crippen LogP contribution in [0.3, 0.4) is 0 Å². The van der Waals surface area contributed by atoms with Gasteiger partial charge in [-0.3, -0.25) is 0 Å². The molecule has 1 aliphatic heterocycles. The van der Waals surface area contributed by atoms with E-state index in [-0.39, 0.29) is 6.61 Å². The highest BCUT2D eigenvalue weighted by Gasteiger charge is 2.37. The topological polar surface area (TPSA) is 58.9 Å². The SMILES string of the molecule is COC1OCC(O)C(O)C1Cl. The van der Waals surface area contributed by atoms with Gasteiger partial charge in [-0.15, -0.1) is 11.6 Å². The van der Waals surface area contributed by atoms with Gasteiger partial charge in [-0.2, -0.15) is 0 Å². The molecule has 4 nitrogen and oxygen atoms in total. The predicted molar refractivity (Wildman–Crippen MR) is 38.4 cm³/mol. The molecule has 0 amide bonds. The lowest BCUT2D eigenvalue weighted by Crippen LogP contribution is -2.50. The maximum absolute atomic E-state index is 9.21. The fraction of sp³-hybridized carbons (Fsp3) is 1.00. The van der Waals surface area contributed by atoms with Crippen molar-refractivity contribution in [1.29, 1.82) is 0 Å². The van der Waals surface area contributed by atoms with E-state index in [4.69, 9.17) is 26.2 Å². The Morgan fingerprint density at radius 3 is 2.73 bits per heavy atom. The summed E-state index contributed by atoms with van der Waals surface area (Å²) in [5, 5.41) is 17.5. The van der Waals surface area contributed by atoms with Crippen LogP contribution < -0.4 is 0 Å². The van der Waals surface area contributed by atoms with Crippen LogP contribution >= 0.6 is 11.6 Å². The minimum Gasteiger partial charge on any atom is -0.389 e. The highest BCUT2D eigenvalue weighted by Crippen LogP contribution is 2.20. The van der Waals surface area contributed by atoms with Crippen molar-refractivity contribution in [1.82, 2.24) is 0 Å². The Morgan fingerprint density at radius 2 is 2.18 bits per heavy atom. The van der Waals surface area contributed by atoms with Crippen LogP contribution in [0.5, 0.6) is 0 Å². The molecule has 2 N–H and O–H groups in total. The summed E-state index contributed by atoms with van der Waals surface area (Å²) in [5.74, 6) is 0. The molecule has 4 atom stereocenters. The van der Waals surface area contributed by atoms with Gasteiger partial charge in [0.1, 0.15) is 17.6 Å². The zero-order valence-electron chi connectivity index (χ0n) is 6.11. The second-order valence-corrected chi connectivity index (χ2v) is 2.94. The first-order valence-electron chi connectivity index (χ1n) is 3.31. The molecule has 0 aliphatic carbocycles. The van der Waals surface area contributed by atoms with Crippen molar-refractivity contribution in [2.75, 3.05) is 13.7 Å². The van der Waals surface area contributed by atoms with Gasteiger partial charge in [0, 0.05) is 7.11 Å². The van der Waals surface area contributed by atoms with Crippen LogP contribution in [0.25, 0.3) is 0 Å². The summed E-state index contributed by atoms with van der Waals surface area (Å²) < 4.78 is 9.75. The minimum absolute atomic E-state index is 0.0584. The molecule has 66 valence electrons. The van der Waals surface area contributed by atoms with Gasteiger partial charge in [0.15, 0.2) is 6.29 Å². The molecule has 4 unspecified atom stereocenters. The third-order valence-corrected chi connectivity index (χ3v) is 2.11. The summed E-state index contributed by atoms with van der Waals surface area (Å²) in [6.45, 7) is 0.0584. The summed E-state index contributed by atoms with van der Waals surface area (Å²) >= 11 is 5.67. The molecule has 1 heterocycles. The molecule has 1 fully saturated rings. The summed E-state index contributed by atoms with van der Waals surface area (Å²) in [6, 6.07) is 0. The molecule has 5 heteroatoms. The molecular formula is C6H11ClO4. The van der Waals surface area contributed by atoms with E-state index in [1.165, 1.54) is 7.11 Å². The van der Waals surface area contributed by atoms with Crippen molar-refractivity contribution in [3.05, 3.63) is 0 Å². The van der Waals surface area contributed by atoms with Gasteiger partial charge < -0.3 is 19.7 Å². The highest BCUT2D eigenvalue weighted by atomic mass is 35.5. The number of rotatable bonds is 1. The fourth-order valence-corrected chi connectivity index (χ4v) is 1.30. The molecule has 0 saturated carbocycles. The van der Waals surface area contributed by atoms with Crippen LogP contribution in [0, 0.1) is 0 Å². The van der Waals surface area contributed by atoms with Crippen LogP contribution in [0.2, 0.25) is 0 Å². The molecule has 0 aromatic carbocycles. The number of methoxy groups -OCH3 is 1. The fourth-order valence-electron chi connectivity index (χ4n) is 0.955. The standard InChI is InChI=1S/C6H11ClO4/c1-10-6-4(7)5(9)3(8)2-11-6/h3-6,8-9H,2H2,1H3. The first-order valence-corrected chi connectivity index (χ1v) is 3.75. The van der Waals surface area contributed by atoms with Crippen molar-refractivity contribution < 1.29 is 19.7 Å². The van der Waals surface area contributed by atoms with Crippen LogP contribution in [-0.2, 0) is 9.47 Å². The average molecular weight is 183 g/mol. The number of hydrogen-bond donors (Lipinski definition) is 2. The van der Waals surface area contributed by atoms with Gasteiger partial charge in [-0.25, -0.2) is 0 Å². The van der Waals surface area contributed by atoms with E-state index in [2.05, 4.69) is 0 Å². The molecule has 1 aliphatic rings. The summed E-state index contributed by atoms with van der Waals surface area (Å²) in [5.41, 5.74) is 0. The van der Waals surface area contributed by atoms with E-state index in [0.29, 0.717) is 0 Å². The third-order valence-electron chi connectivity index (χ3n) is 1.64. The quantitative estimate of drug-likeness (QED) is 0.528. The first-order chi connectivity index (χ1) is 5.16. The van der Waals surface area contributed by atoms with Gasteiger partial charge in [-0.05, 0) is 0 Å². The summed E-state index contributed by atoms with van der Waals surface area (Å²) in [7, 11) is 1.43. The largest absolute Gasteiger partial charge is 0.389 e. The lowest BCUT2D eigenvalue weighted by molar-refractivity contribution is -0.202. The maximum Gasteiger partial charge on any atom is 0.176 e. The molecular weight excluding hydrogens is 172 g/mol. The zero-order valence-corrected chi connectivity index (χ0v) is 6.86. The van der Waals surface area contributed by atoms with E-state index in [1.54, 1.807) is 0 Å². The highest BCUT2D eigenvalue weighted by molar-refractivity contribution is 6.21. The van der Waals surface area contributed by atoms with Crippen LogP contribution in [0.1, 0.15) is 0 Å². The summed E-state index contributed by atoms with van der Waals surface area (Å²) in [6.07, 6.45) is -2.52. The number of halogens is 1. The average Bonchev–Trinajstić information content (AvgIpc) is 2.01.